The number of aromatic nitrogens is 1. The highest BCUT2D eigenvalue weighted by Gasteiger charge is 2.21. The van der Waals surface area contributed by atoms with Crippen molar-refractivity contribution in [1.29, 1.82) is 0 Å². The fraction of sp³-hybridized carbons (Fsp3) is 0.538. The van der Waals surface area contributed by atoms with Crippen LogP contribution in [0.3, 0.4) is 0 Å². The van der Waals surface area contributed by atoms with Gasteiger partial charge in [-0.1, -0.05) is 18.3 Å². The molecule has 1 amide bonds. The summed E-state index contributed by atoms with van der Waals surface area (Å²) < 4.78 is 7.23. The number of aliphatic hydroxyl groups excluding tert-OH is 1. The first-order valence-electron chi connectivity index (χ1n) is 12.1. The number of pyridine rings is 1. The predicted molar refractivity (Wildman–Crippen MR) is 132 cm³/mol. The molecule has 1 aromatic carbocycles. The molecule has 0 bridgehead atoms. The molecule has 34 heavy (non-hydrogen) atoms. The van der Waals surface area contributed by atoms with E-state index in [1.165, 1.54) is 12.6 Å². The van der Waals surface area contributed by atoms with E-state index in [4.69, 9.17) is 10.5 Å². The molecule has 8 heteroatoms. The van der Waals surface area contributed by atoms with Crippen LogP contribution in [0.4, 0.5) is 0 Å². The average molecular weight is 467 g/mol. The Bertz CT molecular complexity index is 1160. The number of fused-ring (bicyclic) bond motifs is 1. The lowest BCUT2D eigenvalue weighted by atomic mass is 9.99. The van der Waals surface area contributed by atoms with Gasteiger partial charge in [0, 0.05) is 56.5 Å². The van der Waals surface area contributed by atoms with E-state index < -0.39 is 5.91 Å². The lowest BCUT2D eigenvalue weighted by Crippen LogP contribution is -2.40. The summed E-state index contributed by atoms with van der Waals surface area (Å²) in [6.07, 6.45) is 5.69. The molecule has 0 aliphatic carbocycles. The van der Waals surface area contributed by atoms with Gasteiger partial charge in [-0.2, -0.15) is 0 Å². The van der Waals surface area contributed by atoms with Crippen molar-refractivity contribution in [2.45, 2.75) is 38.3 Å². The maximum atomic E-state index is 13.1. The zero-order valence-corrected chi connectivity index (χ0v) is 19.9. The third-order valence-corrected chi connectivity index (χ3v) is 6.83. The zero-order valence-electron chi connectivity index (χ0n) is 19.9. The SMILES string of the molecule is Cn1cc(C(N)=O)c(=O)c2cc(CN3CCOCC3)cc(C#CCN3CCCCC3CCO)c21. The first-order chi connectivity index (χ1) is 16.5. The highest BCUT2D eigenvalue weighted by molar-refractivity contribution is 5.97. The third kappa shape index (κ3) is 5.50. The summed E-state index contributed by atoms with van der Waals surface area (Å²) in [7, 11) is 1.81. The van der Waals surface area contributed by atoms with Gasteiger partial charge in [0.2, 0.25) is 5.43 Å². The van der Waals surface area contributed by atoms with E-state index in [-0.39, 0.29) is 17.6 Å². The van der Waals surface area contributed by atoms with Crippen LogP contribution in [-0.2, 0) is 18.3 Å². The first kappa shape index (κ1) is 24.4. The molecule has 3 heterocycles. The van der Waals surface area contributed by atoms with Gasteiger partial charge in [0.15, 0.2) is 0 Å². The monoisotopic (exact) mass is 466 g/mol. The minimum absolute atomic E-state index is 0.0161. The number of aliphatic hydroxyl groups is 1. The summed E-state index contributed by atoms with van der Waals surface area (Å²) in [6.45, 7) is 5.52. The van der Waals surface area contributed by atoms with Gasteiger partial charge in [-0.05, 0) is 43.5 Å². The normalized spacial score (nSPS) is 19.6. The van der Waals surface area contributed by atoms with E-state index in [1.807, 2.05) is 13.1 Å². The molecule has 2 fully saturated rings. The van der Waals surface area contributed by atoms with E-state index >= 15 is 0 Å². The number of hydrogen-bond acceptors (Lipinski definition) is 6. The van der Waals surface area contributed by atoms with Crippen molar-refractivity contribution < 1.29 is 14.6 Å². The molecule has 0 saturated carbocycles. The molecule has 2 aromatic rings. The minimum Gasteiger partial charge on any atom is -0.396 e. The number of likely N-dealkylation sites (tertiary alicyclic amines) is 1. The summed E-state index contributed by atoms with van der Waals surface area (Å²) >= 11 is 0. The Morgan fingerprint density at radius 1 is 1.24 bits per heavy atom. The van der Waals surface area contributed by atoms with Gasteiger partial charge in [-0.15, -0.1) is 0 Å². The van der Waals surface area contributed by atoms with Crippen LogP contribution in [0.25, 0.3) is 10.9 Å². The zero-order chi connectivity index (χ0) is 24.1. The smallest absolute Gasteiger partial charge is 0.254 e. The molecular weight excluding hydrogens is 432 g/mol. The van der Waals surface area contributed by atoms with E-state index in [2.05, 4.69) is 27.7 Å². The molecule has 3 N–H and O–H groups in total. The average Bonchev–Trinajstić information content (AvgIpc) is 2.83. The van der Waals surface area contributed by atoms with E-state index in [0.29, 0.717) is 43.2 Å². The van der Waals surface area contributed by atoms with Crippen molar-refractivity contribution in [2.24, 2.45) is 12.8 Å². The maximum Gasteiger partial charge on any atom is 0.254 e. The number of piperidine rings is 1. The first-order valence-corrected chi connectivity index (χ1v) is 12.1. The van der Waals surface area contributed by atoms with Crippen LogP contribution in [0.1, 0.15) is 47.2 Å². The molecule has 1 atom stereocenters. The molecule has 0 spiro atoms. The molecule has 2 aliphatic rings. The minimum atomic E-state index is -0.728. The lowest BCUT2D eigenvalue weighted by molar-refractivity contribution is 0.0342. The second-order valence-corrected chi connectivity index (χ2v) is 9.21. The number of nitrogens with two attached hydrogens (primary N) is 1. The Morgan fingerprint density at radius 3 is 2.76 bits per heavy atom. The number of carbonyl (C=O) groups excluding carboxylic acids is 1. The van der Waals surface area contributed by atoms with E-state index in [1.54, 1.807) is 4.57 Å². The molecule has 2 saturated heterocycles. The number of rotatable bonds is 6. The molecule has 1 unspecified atom stereocenters. The Balaban J connectivity index is 1.72. The number of primary amides is 1. The number of benzene rings is 1. The molecule has 8 nitrogen and oxygen atoms in total. The van der Waals surface area contributed by atoms with Crippen LogP contribution in [0.15, 0.2) is 23.1 Å². The van der Waals surface area contributed by atoms with Gasteiger partial charge in [-0.25, -0.2) is 0 Å². The second-order valence-electron chi connectivity index (χ2n) is 9.21. The molecule has 182 valence electrons. The van der Waals surface area contributed by atoms with Crippen LogP contribution < -0.4 is 11.2 Å². The Kier molecular flexibility index (Phi) is 8.01. The quantitative estimate of drug-likeness (QED) is 0.618. The summed E-state index contributed by atoms with van der Waals surface area (Å²) in [6, 6.07) is 4.28. The number of morpholine rings is 1. The number of aryl methyl sites for hydroxylation is 1. The van der Waals surface area contributed by atoms with Crippen molar-refractivity contribution in [2.75, 3.05) is 46.0 Å². The van der Waals surface area contributed by atoms with Gasteiger partial charge in [0.05, 0.1) is 25.3 Å². The van der Waals surface area contributed by atoms with Crippen LogP contribution >= 0.6 is 0 Å². The number of ether oxygens (including phenoxy) is 1. The van der Waals surface area contributed by atoms with Crippen molar-refractivity contribution in [3.05, 3.63) is 45.2 Å². The summed E-state index contributed by atoms with van der Waals surface area (Å²) in [5.74, 6) is 5.91. The molecule has 4 rings (SSSR count). The molecule has 1 aromatic heterocycles. The molecule has 0 radical (unpaired) electrons. The summed E-state index contributed by atoms with van der Waals surface area (Å²) in [5, 5.41) is 9.86. The Hall–Kier alpha value is -2.70. The Morgan fingerprint density at radius 2 is 2.03 bits per heavy atom. The van der Waals surface area contributed by atoms with Crippen LogP contribution in [-0.4, -0.2) is 77.4 Å². The van der Waals surface area contributed by atoms with Crippen molar-refractivity contribution >= 4 is 16.8 Å². The van der Waals surface area contributed by atoms with Crippen molar-refractivity contribution in [3.63, 3.8) is 0 Å². The Labute approximate surface area is 200 Å². The van der Waals surface area contributed by atoms with Gasteiger partial charge in [0.25, 0.3) is 5.91 Å². The van der Waals surface area contributed by atoms with Crippen molar-refractivity contribution in [1.82, 2.24) is 14.4 Å². The summed E-state index contributed by atoms with van der Waals surface area (Å²) in [4.78, 5) is 29.6. The largest absolute Gasteiger partial charge is 0.396 e. The summed E-state index contributed by atoms with van der Waals surface area (Å²) in [5.41, 5.74) is 7.56. The maximum absolute atomic E-state index is 13.1. The second kappa shape index (κ2) is 11.2. The standard InChI is InChI=1S/C26H34N4O4/c1-28-18-23(26(27)33)25(32)22-16-19(17-29-10-13-34-14-11-29)15-20(24(22)28)5-4-9-30-8-3-2-6-21(30)7-12-31/h15-16,18,21,31H,2-3,6-14,17H2,1H3,(H2,27,33). The number of amides is 1. The highest BCUT2D eigenvalue weighted by atomic mass is 16.5. The molecule has 2 aliphatic heterocycles. The molecular formula is C26H34N4O4. The predicted octanol–water partition coefficient (Wildman–Crippen LogP) is 1.06. The number of nitrogens with zero attached hydrogens (tertiary/aromatic N) is 3. The lowest BCUT2D eigenvalue weighted by Gasteiger charge is -2.33. The van der Waals surface area contributed by atoms with Crippen molar-refractivity contribution in [3.8, 4) is 11.8 Å². The van der Waals surface area contributed by atoms with Crippen LogP contribution in [0.5, 0.6) is 0 Å². The third-order valence-electron chi connectivity index (χ3n) is 6.83. The van der Waals surface area contributed by atoms with Crippen LogP contribution in [0, 0.1) is 11.8 Å². The van der Waals surface area contributed by atoms with Gasteiger partial charge >= 0.3 is 0 Å². The number of carbonyl (C=O) groups is 1. The van der Waals surface area contributed by atoms with Gasteiger partial charge < -0.3 is 20.1 Å². The highest BCUT2D eigenvalue weighted by Crippen LogP contribution is 2.21. The van der Waals surface area contributed by atoms with E-state index in [9.17, 15) is 14.7 Å². The number of hydrogen-bond donors (Lipinski definition) is 2. The van der Waals surface area contributed by atoms with Gasteiger partial charge in [-0.3, -0.25) is 19.4 Å². The fourth-order valence-corrected chi connectivity index (χ4v) is 5.07. The van der Waals surface area contributed by atoms with E-state index in [0.717, 1.165) is 50.0 Å². The van der Waals surface area contributed by atoms with Gasteiger partial charge in [0.1, 0.15) is 5.56 Å². The topological polar surface area (TPSA) is 101 Å². The fourth-order valence-electron chi connectivity index (χ4n) is 5.07. The van der Waals surface area contributed by atoms with Crippen LogP contribution in [0.2, 0.25) is 0 Å².